The third-order valence-electron chi connectivity index (χ3n) is 1.76. The molecule has 0 aromatic heterocycles. The Morgan fingerprint density at radius 1 is 1.43 bits per heavy atom. The van der Waals surface area contributed by atoms with Gasteiger partial charge in [-0.25, -0.2) is 0 Å². The molecular weight excluding hydrogens is 190 g/mol. The van der Waals surface area contributed by atoms with E-state index in [0.717, 1.165) is 6.08 Å². The Bertz CT molecular complexity index is 194. The SMILES string of the molecule is C=CC(=O)C(O)C[N+](OC)(OC)OC. The van der Waals surface area contributed by atoms with Crippen molar-refractivity contribution < 1.29 is 29.4 Å². The van der Waals surface area contributed by atoms with Gasteiger partial charge in [0.25, 0.3) is 0 Å². The summed E-state index contributed by atoms with van der Waals surface area (Å²) in [6, 6.07) is 0. The van der Waals surface area contributed by atoms with Crippen molar-refractivity contribution in [3.63, 3.8) is 0 Å². The van der Waals surface area contributed by atoms with Crippen molar-refractivity contribution in [2.24, 2.45) is 0 Å². The van der Waals surface area contributed by atoms with Gasteiger partial charge in [-0.2, -0.15) is 0 Å². The van der Waals surface area contributed by atoms with Gasteiger partial charge < -0.3 is 5.11 Å². The number of carbonyl (C=O) groups excluding carboxylic acids is 1. The Balaban J connectivity index is 4.43. The van der Waals surface area contributed by atoms with Crippen LogP contribution in [0, 0.1) is 0 Å². The molecule has 0 amide bonds. The van der Waals surface area contributed by atoms with Crippen molar-refractivity contribution in [2.45, 2.75) is 6.10 Å². The van der Waals surface area contributed by atoms with E-state index in [9.17, 15) is 9.90 Å². The van der Waals surface area contributed by atoms with Crippen molar-refractivity contribution in [3.8, 4) is 0 Å². The van der Waals surface area contributed by atoms with Gasteiger partial charge in [0.15, 0.2) is 11.9 Å². The lowest BCUT2D eigenvalue weighted by Crippen LogP contribution is -2.51. The fourth-order valence-corrected chi connectivity index (χ4v) is 0.885. The molecular formula is C8H16NO5+. The Kier molecular flexibility index (Phi) is 5.51. The molecule has 0 saturated heterocycles. The first-order valence-corrected chi connectivity index (χ1v) is 3.94. The third-order valence-corrected chi connectivity index (χ3v) is 1.76. The number of nitrogens with zero attached hydrogens (tertiary/aromatic N) is 1. The van der Waals surface area contributed by atoms with Crippen LogP contribution in [0.15, 0.2) is 12.7 Å². The molecule has 0 aromatic rings. The van der Waals surface area contributed by atoms with Gasteiger partial charge in [0.1, 0.15) is 21.3 Å². The molecule has 14 heavy (non-hydrogen) atoms. The fraction of sp³-hybridized carbons (Fsp3) is 0.625. The van der Waals surface area contributed by atoms with Gasteiger partial charge in [0.05, 0.1) is 4.97 Å². The van der Waals surface area contributed by atoms with Gasteiger partial charge in [-0.3, -0.25) is 4.79 Å². The average molecular weight is 206 g/mol. The summed E-state index contributed by atoms with van der Waals surface area (Å²) in [4.78, 5) is 24.8. The second-order valence-electron chi connectivity index (χ2n) is 2.46. The fourth-order valence-electron chi connectivity index (χ4n) is 0.885. The van der Waals surface area contributed by atoms with Crippen LogP contribution in [0.3, 0.4) is 0 Å². The molecule has 0 spiro atoms. The Morgan fingerprint density at radius 2 is 1.86 bits per heavy atom. The summed E-state index contributed by atoms with van der Waals surface area (Å²) in [6.07, 6.45) is -0.243. The van der Waals surface area contributed by atoms with Crippen molar-refractivity contribution in [1.82, 2.24) is 0 Å². The molecule has 0 saturated carbocycles. The summed E-state index contributed by atoms with van der Waals surface area (Å²) in [5.41, 5.74) is 0. The molecule has 1 N–H and O–H groups in total. The second kappa shape index (κ2) is 5.84. The lowest BCUT2D eigenvalue weighted by molar-refractivity contribution is -1.36. The van der Waals surface area contributed by atoms with Crippen molar-refractivity contribution in [1.29, 1.82) is 0 Å². The highest BCUT2D eigenvalue weighted by atomic mass is 17.2. The van der Waals surface area contributed by atoms with Crippen molar-refractivity contribution >= 4 is 5.78 Å². The summed E-state index contributed by atoms with van der Waals surface area (Å²) in [5, 5.41) is 9.37. The minimum Gasteiger partial charge on any atom is -0.379 e. The predicted molar refractivity (Wildman–Crippen MR) is 47.4 cm³/mol. The second-order valence-corrected chi connectivity index (χ2v) is 2.46. The first kappa shape index (κ1) is 13.2. The zero-order valence-corrected chi connectivity index (χ0v) is 8.60. The van der Waals surface area contributed by atoms with E-state index >= 15 is 0 Å². The molecule has 0 radical (unpaired) electrons. The molecule has 0 aliphatic rings. The summed E-state index contributed by atoms with van der Waals surface area (Å²) < 4.78 is 0. The van der Waals surface area contributed by atoms with E-state index in [1.54, 1.807) is 0 Å². The number of rotatable bonds is 7. The molecule has 0 heterocycles. The Hall–Kier alpha value is -0.790. The quantitative estimate of drug-likeness (QED) is 0.349. The molecule has 0 aliphatic heterocycles. The molecule has 0 bridgehead atoms. The monoisotopic (exact) mass is 206 g/mol. The molecule has 1 unspecified atom stereocenters. The predicted octanol–water partition coefficient (Wildman–Crippen LogP) is -0.397. The maximum atomic E-state index is 11.0. The van der Waals surface area contributed by atoms with E-state index in [4.69, 9.17) is 14.5 Å². The maximum Gasteiger partial charge on any atom is 0.211 e. The standard InChI is InChI=1S/C8H16NO5/c1-5-7(10)8(11)6-9(12-2,13-3)14-4/h5,8,11H,1,6H2,2-4H3/q+1. The molecule has 0 aliphatic carbocycles. The van der Waals surface area contributed by atoms with Crippen LogP contribution in [0.2, 0.25) is 0 Å². The summed E-state index contributed by atoms with van der Waals surface area (Å²) >= 11 is 0. The number of quaternary nitrogens is 1. The summed E-state index contributed by atoms with van der Waals surface area (Å²) in [7, 11) is 3.99. The van der Waals surface area contributed by atoms with Crippen LogP contribution < -0.4 is 0 Å². The minimum atomic E-state index is -1.27. The Labute approximate surface area is 82.7 Å². The Morgan fingerprint density at radius 3 is 2.14 bits per heavy atom. The first-order valence-electron chi connectivity index (χ1n) is 3.94. The molecule has 82 valence electrons. The number of carbonyl (C=O) groups is 1. The number of hydroxylamine groups is 3. The van der Waals surface area contributed by atoms with Crippen molar-refractivity contribution in [3.05, 3.63) is 12.7 Å². The van der Waals surface area contributed by atoms with Crippen LogP contribution in [0.4, 0.5) is 0 Å². The average Bonchev–Trinajstić information content (AvgIpc) is 2.24. The highest BCUT2D eigenvalue weighted by molar-refractivity contribution is 5.92. The number of hydrogen-bond donors (Lipinski definition) is 1. The highest BCUT2D eigenvalue weighted by Gasteiger charge is 2.36. The number of hydrogen-bond acceptors (Lipinski definition) is 5. The van der Waals surface area contributed by atoms with Gasteiger partial charge in [-0.15, -0.1) is 14.5 Å². The van der Waals surface area contributed by atoms with E-state index in [-0.39, 0.29) is 6.54 Å². The maximum absolute atomic E-state index is 11.0. The topological polar surface area (TPSA) is 65.0 Å². The highest BCUT2D eigenvalue weighted by Crippen LogP contribution is 2.09. The molecule has 0 fully saturated rings. The van der Waals surface area contributed by atoms with E-state index in [2.05, 4.69) is 6.58 Å². The van der Waals surface area contributed by atoms with Crippen LogP contribution in [-0.2, 0) is 19.3 Å². The molecule has 6 heteroatoms. The van der Waals surface area contributed by atoms with Crippen LogP contribution in [-0.4, -0.2) is 49.8 Å². The lowest BCUT2D eigenvalue weighted by Gasteiger charge is -2.26. The van der Waals surface area contributed by atoms with E-state index in [1.807, 2.05) is 0 Å². The van der Waals surface area contributed by atoms with Gasteiger partial charge >= 0.3 is 0 Å². The third kappa shape index (κ3) is 3.17. The van der Waals surface area contributed by atoms with Gasteiger partial charge in [-0.05, 0) is 6.08 Å². The zero-order chi connectivity index (χ0) is 11.2. The van der Waals surface area contributed by atoms with Crippen LogP contribution in [0.25, 0.3) is 0 Å². The lowest BCUT2D eigenvalue weighted by atomic mass is 10.2. The zero-order valence-electron chi connectivity index (χ0n) is 8.60. The molecule has 1 atom stereocenters. The van der Waals surface area contributed by atoms with E-state index < -0.39 is 16.9 Å². The first-order chi connectivity index (χ1) is 6.55. The number of aliphatic hydroxyl groups excluding tert-OH is 1. The molecule has 6 nitrogen and oxygen atoms in total. The van der Waals surface area contributed by atoms with Crippen LogP contribution >= 0.6 is 0 Å². The number of ketones is 1. The number of aliphatic hydroxyl groups is 1. The molecule has 0 rings (SSSR count). The van der Waals surface area contributed by atoms with Crippen molar-refractivity contribution in [2.75, 3.05) is 27.9 Å². The largest absolute Gasteiger partial charge is 0.379 e. The van der Waals surface area contributed by atoms with Gasteiger partial charge in [0.2, 0.25) is 6.54 Å². The minimum absolute atomic E-state index is 0.172. The van der Waals surface area contributed by atoms with Crippen LogP contribution in [0.1, 0.15) is 0 Å². The normalized spacial score (nSPS) is 13.7. The smallest absolute Gasteiger partial charge is 0.211 e. The van der Waals surface area contributed by atoms with Crippen LogP contribution in [0.5, 0.6) is 0 Å². The summed E-state index contributed by atoms with van der Waals surface area (Å²) in [5.74, 6) is -0.515. The van der Waals surface area contributed by atoms with E-state index in [0.29, 0.717) is 0 Å². The summed E-state index contributed by atoms with van der Waals surface area (Å²) in [6.45, 7) is 3.08. The van der Waals surface area contributed by atoms with E-state index in [1.165, 1.54) is 21.3 Å². The molecule has 0 aromatic carbocycles. The van der Waals surface area contributed by atoms with Gasteiger partial charge in [0, 0.05) is 0 Å². The van der Waals surface area contributed by atoms with Gasteiger partial charge in [-0.1, -0.05) is 6.58 Å².